The minimum atomic E-state index is -0.809. The van der Waals surface area contributed by atoms with Crippen molar-refractivity contribution in [1.29, 1.82) is 0 Å². The number of nitrogens with zero attached hydrogens (tertiary/aromatic N) is 1. The van der Waals surface area contributed by atoms with E-state index in [9.17, 15) is 9.59 Å². The number of hydrogen-bond acceptors (Lipinski definition) is 3. The lowest BCUT2D eigenvalue weighted by atomic mass is 10.3. The van der Waals surface area contributed by atoms with Crippen LogP contribution in [0.4, 0.5) is 5.69 Å². The van der Waals surface area contributed by atoms with Crippen LogP contribution in [0.25, 0.3) is 0 Å². The lowest BCUT2D eigenvalue weighted by Crippen LogP contribution is -2.31. The van der Waals surface area contributed by atoms with E-state index >= 15 is 0 Å². The van der Waals surface area contributed by atoms with Gasteiger partial charge in [-0.05, 0) is 99.9 Å². The standard InChI is InChI=1S/C13H15I3N2O3/c1-18(4-2-3-12(20)21)7-11(19)17-13-9(15)5-8(14)6-10(13)16/h5-6H,2-4,7H2,1H3,(H,17,19)(H,20,21). The maximum absolute atomic E-state index is 12.0. The highest BCUT2D eigenvalue weighted by atomic mass is 127. The molecule has 0 aliphatic heterocycles. The maximum atomic E-state index is 12.0. The van der Waals surface area contributed by atoms with Gasteiger partial charge in [0.05, 0.1) is 12.2 Å². The minimum Gasteiger partial charge on any atom is -0.481 e. The predicted molar refractivity (Wildman–Crippen MR) is 108 cm³/mol. The van der Waals surface area contributed by atoms with Gasteiger partial charge in [0, 0.05) is 17.1 Å². The van der Waals surface area contributed by atoms with Crippen molar-refractivity contribution in [3.8, 4) is 0 Å². The molecule has 0 heterocycles. The fourth-order valence-corrected chi connectivity index (χ4v) is 5.52. The molecule has 21 heavy (non-hydrogen) atoms. The van der Waals surface area contributed by atoms with Gasteiger partial charge in [0.15, 0.2) is 0 Å². The smallest absolute Gasteiger partial charge is 0.303 e. The van der Waals surface area contributed by atoms with E-state index < -0.39 is 5.97 Å². The summed E-state index contributed by atoms with van der Waals surface area (Å²) in [4.78, 5) is 24.3. The van der Waals surface area contributed by atoms with Crippen molar-refractivity contribution in [3.05, 3.63) is 22.8 Å². The Morgan fingerprint density at radius 2 is 1.81 bits per heavy atom. The Kier molecular flexibility index (Phi) is 8.71. The second-order valence-corrected chi connectivity index (χ2v) is 8.10. The maximum Gasteiger partial charge on any atom is 0.303 e. The Balaban J connectivity index is 2.52. The number of rotatable bonds is 7. The SMILES string of the molecule is CN(CCCC(=O)O)CC(=O)Nc1c(I)cc(I)cc1I. The Labute approximate surface area is 164 Å². The Bertz CT molecular complexity index is 514. The number of carboxylic acids is 1. The number of anilines is 1. The lowest BCUT2D eigenvalue weighted by Gasteiger charge is -2.17. The summed E-state index contributed by atoms with van der Waals surface area (Å²) in [6, 6.07) is 4.02. The molecular weight excluding hydrogens is 613 g/mol. The van der Waals surface area contributed by atoms with Gasteiger partial charge in [0.25, 0.3) is 0 Å². The van der Waals surface area contributed by atoms with E-state index in [1.807, 2.05) is 24.1 Å². The number of hydrogen-bond donors (Lipinski definition) is 2. The first kappa shape index (κ1) is 19.4. The van der Waals surface area contributed by atoms with Crippen LogP contribution in [0.2, 0.25) is 0 Å². The van der Waals surface area contributed by atoms with E-state index in [1.165, 1.54) is 0 Å². The number of carbonyl (C=O) groups is 2. The molecule has 0 fully saturated rings. The summed E-state index contributed by atoms with van der Waals surface area (Å²) in [5.41, 5.74) is 0.834. The van der Waals surface area contributed by atoms with Crippen molar-refractivity contribution in [2.75, 3.05) is 25.5 Å². The van der Waals surface area contributed by atoms with Gasteiger partial charge in [-0.2, -0.15) is 0 Å². The van der Waals surface area contributed by atoms with Crippen LogP contribution in [0.1, 0.15) is 12.8 Å². The van der Waals surface area contributed by atoms with Gasteiger partial charge in [-0.3, -0.25) is 14.5 Å². The highest BCUT2D eigenvalue weighted by Gasteiger charge is 2.12. The second kappa shape index (κ2) is 9.45. The van der Waals surface area contributed by atoms with Crippen LogP contribution in [-0.2, 0) is 9.59 Å². The van der Waals surface area contributed by atoms with Crippen LogP contribution in [0, 0.1) is 10.7 Å². The zero-order chi connectivity index (χ0) is 16.0. The molecule has 2 N–H and O–H groups in total. The summed E-state index contributed by atoms with van der Waals surface area (Å²) in [6.07, 6.45) is 0.663. The molecule has 0 bridgehead atoms. The molecule has 0 saturated carbocycles. The summed E-state index contributed by atoms with van der Waals surface area (Å²) in [6.45, 7) is 0.832. The first-order valence-corrected chi connectivity index (χ1v) is 9.38. The summed E-state index contributed by atoms with van der Waals surface area (Å²) in [7, 11) is 1.81. The summed E-state index contributed by atoms with van der Waals surface area (Å²) < 4.78 is 3.14. The molecular formula is C13H15I3N2O3. The van der Waals surface area contributed by atoms with Crippen molar-refractivity contribution in [2.45, 2.75) is 12.8 Å². The Hall–Kier alpha value is 0.310. The summed E-state index contributed by atoms with van der Waals surface area (Å²) >= 11 is 6.65. The Morgan fingerprint density at radius 3 is 2.33 bits per heavy atom. The molecule has 0 radical (unpaired) electrons. The van der Waals surface area contributed by atoms with E-state index in [1.54, 1.807) is 0 Å². The van der Waals surface area contributed by atoms with Crippen LogP contribution in [0.15, 0.2) is 12.1 Å². The predicted octanol–water partition coefficient (Wildman–Crippen LogP) is 3.24. The third kappa shape index (κ3) is 7.41. The monoisotopic (exact) mass is 628 g/mol. The van der Waals surface area contributed by atoms with Gasteiger partial charge in [0.1, 0.15) is 0 Å². The molecule has 0 aromatic heterocycles. The molecule has 1 amide bonds. The normalized spacial score (nSPS) is 10.7. The van der Waals surface area contributed by atoms with Crippen molar-refractivity contribution in [2.24, 2.45) is 0 Å². The van der Waals surface area contributed by atoms with Gasteiger partial charge in [-0.25, -0.2) is 0 Å². The van der Waals surface area contributed by atoms with Crippen molar-refractivity contribution >= 4 is 85.3 Å². The second-order valence-electron chi connectivity index (χ2n) is 4.53. The highest BCUT2D eigenvalue weighted by molar-refractivity contribution is 14.1. The van der Waals surface area contributed by atoms with E-state index in [4.69, 9.17) is 5.11 Å². The van der Waals surface area contributed by atoms with Crippen LogP contribution >= 0.6 is 67.8 Å². The van der Waals surface area contributed by atoms with E-state index in [-0.39, 0.29) is 18.9 Å². The average molecular weight is 628 g/mol. The number of benzene rings is 1. The molecule has 0 unspecified atom stereocenters. The molecule has 0 aliphatic carbocycles. The molecule has 0 spiro atoms. The first-order chi connectivity index (χ1) is 9.79. The molecule has 0 atom stereocenters. The molecule has 1 aromatic carbocycles. The fourth-order valence-electron chi connectivity index (χ4n) is 1.66. The molecule has 1 rings (SSSR count). The molecule has 0 aliphatic rings. The van der Waals surface area contributed by atoms with Gasteiger partial charge in [-0.1, -0.05) is 0 Å². The largest absolute Gasteiger partial charge is 0.481 e. The fraction of sp³-hybridized carbons (Fsp3) is 0.385. The highest BCUT2D eigenvalue weighted by Crippen LogP contribution is 2.27. The number of carboxylic acid groups (broad SMARTS) is 1. The minimum absolute atomic E-state index is 0.0927. The number of halogens is 3. The van der Waals surface area contributed by atoms with E-state index in [2.05, 4.69) is 73.1 Å². The van der Waals surface area contributed by atoms with E-state index in [0.717, 1.165) is 16.4 Å². The molecule has 116 valence electrons. The zero-order valence-electron chi connectivity index (χ0n) is 11.3. The number of likely N-dealkylation sites (N-methyl/N-ethyl adjacent to an activating group) is 1. The van der Waals surface area contributed by atoms with Crippen LogP contribution in [-0.4, -0.2) is 42.0 Å². The molecule has 5 nitrogen and oxygen atoms in total. The average Bonchev–Trinajstić information content (AvgIpc) is 2.33. The van der Waals surface area contributed by atoms with Crippen LogP contribution in [0.3, 0.4) is 0 Å². The van der Waals surface area contributed by atoms with Gasteiger partial charge in [0.2, 0.25) is 5.91 Å². The van der Waals surface area contributed by atoms with Crippen molar-refractivity contribution in [3.63, 3.8) is 0 Å². The van der Waals surface area contributed by atoms with Crippen LogP contribution in [0.5, 0.6) is 0 Å². The van der Waals surface area contributed by atoms with Gasteiger partial charge >= 0.3 is 5.97 Å². The first-order valence-electron chi connectivity index (χ1n) is 6.14. The lowest BCUT2D eigenvalue weighted by molar-refractivity contribution is -0.137. The summed E-state index contributed by atoms with van der Waals surface area (Å²) in [5, 5.41) is 11.5. The van der Waals surface area contributed by atoms with Gasteiger partial charge in [-0.15, -0.1) is 0 Å². The number of aliphatic carboxylic acids is 1. The quantitative estimate of drug-likeness (QED) is 0.456. The summed E-state index contributed by atoms with van der Waals surface area (Å²) in [5.74, 6) is -0.902. The molecule has 1 aromatic rings. The topological polar surface area (TPSA) is 69.6 Å². The zero-order valence-corrected chi connectivity index (χ0v) is 17.8. The number of nitrogens with one attached hydrogen (secondary N) is 1. The van der Waals surface area contributed by atoms with Crippen LogP contribution < -0.4 is 5.32 Å². The van der Waals surface area contributed by atoms with E-state index in [0.29, 0.717) is 13.0 Å². The third-order valence-corrected chi connectivity index (χ3v) is 4.94. The Morgan fingerprint density at radius 1 is 1.24 bits per heavy atom. The van der Waals surface area contributed by atoms with Gasteiger partial charge < -0.3 is 10.4 Å². The van der Waals surface area contributed by atoms with Crippen molar-refractivity contribution < 1.29 is 14.7 Å². The molecule has 8 heteroatoms. The number of amides is 1. The third-order valence-electron chi connectivity index (χ3n) is 2.62. The van der Waals surface area contributed by atoms with Crippen molar-refractivity contribution in [1.82, 2.24) is 4.90 Å². The number of carbonyl (C=O) groups excluding carboxylic acids is 1. The molecule has 0 saturated heterocycles.